The van der Waals surface area contributed by atoms with Gasteiger partial charge in [0.15, 0.2) is 0 Å². The molecule has 0 aliphatic carbocycles. The van der Waals surface area contributed by atoms with E-state index in [4.69, 9.17) is 5.73 Å². The highest BCUT2D eigenvalue weighted by Crippen LogP contribution is 2.22. The van der Waals surface area contributed by atoms with E-state index in [0.29, 0.717) is 5.69 Å². The molecule has 0 unspecified atom stereocenters. The highest BCUT2D eigenvalue weighted by atomic mass is 32.2. The number of nitrogens with zero attached hydrogens (tertiary/aromatic N) is 1. The van der Waals surface area contributed by atoms with Gasteiger partial charge < -0.3 is 11.1 Å². The normalized spacial score (nSPS) is 10.1. The van der Waals surface area contributed by atoms with Gasteiger partial charge in [0, 0.05) is 28.4 Å². The van der Waals surface area contributed by atoms with Gasteiger partial charge in [0.2, 0.25) is 0 Å². The van der Waals surface area contributed by atoms with Gasteiger partial charge in [0.05, 0.1) is 10.5 Å². The number of thioether (sulfide) groups is 1. The molecular formula is C14H13N3O3S. The van der Waals surface area contributed by atoms with Crippen molar-refractivity contribution in [2.45, 2.75) is 4.90 Å². The molecule has 0 aliphatic rings. The van der Waals surface area contributed by atoms with Crippen LogP contribution in [0, 0.1) is 10.1 Å². The van der Waals surface area contributed by atoms with Crippen LogP contribution in [-0.2, 0) is 0 Å². The summed E-state index contributed by atoms with van der Waals surface area (Å²) in [5, 5.41) is 13.4. The maximum atomic E-state index is 12.1. The molecule has 21 heavy (non-hydrogen) atoms. The minimum absolute atomic E-state index is 0.0816. The maximum Gasteiger partial charge on any atom is 0.270 e. The predicted molar refractivity (Wildman–Crippen MR) is 83.7 cm³/mol. The van der Waals surface area contributed by atoms with Crippen LogP contribution < -0.4 is 11.1 Å². The zero-order chi connectivity index (χ0) is 15.4. The maximum absolute atomic E-state index is 12.1. The Hall–Kier alpha value is -2.54. The van der Waals surface area contributed by atoms with Gasteiger partial charge in [-0.3, -0.25) is 14.9 Å². The molecule has 6 nitrogen and oxygen atoms in total. The molecule has 0 saturated heterocycles. The molecule has 7 heteroatoms. The van der Waals surface area contributed by atoms with Crippen molar-refractivity contribution >= 4 is 34.7 Å². The van der Waals surface area contributed by atoms with E-state index < -0.39 is 10.8 Å². The van der Waals surface area contributed by atoms with Crippen molar-refractivity contribution in [3.8, 4) is 0 Å². The van der Waals surface area contributed by atoms with Gasteiger partial charge in [-0.15, -0.1) is 11.8 Å². The molecule has 1 amide bonds. The van der Waals surface area contributed by atoms with E-state index in [-0.39, 0.29) is 16.9 Å². The van der Waals surface area contributed by atoms with Crippen molar-refractivity contribution in [2.24, 2.45) is 0 Å². The standard InChI is InChI=1S/C14H13N3O3S/c1-21-11-5-2-9(3-6-11)16-14(18)12-8-10(17(19)20)4-7-13(12)15/h2-8H,15H2,1H3,(H,16,18). The lowest BCUT2D eigenvalue weighted by molar-refractivity contribution is -0.384. The summed E-state index contributed by atoms with van der Waals surface area (Å²) >= 11 is 1.59. The minimum atomic E-state index is -0.566. The molecule has 0 saturated carbocycles. The number of non-ortho nitro benzene ring substituents is 1. The largest absolute Gasteiger partial charge is 0.398 e. The molecule has 0 radical (unpaired) electrons. The Morgan fingerprint density at radius 1 is 1.24 bits per heavy atom. The third-order valence-corrected chi connectivity index (χ3v) is 3.58. The SMILES string of the molecule is CSc1ccc(NC(=O)c2cc([N+](=O)[O-])ccc2N)cc1. The summed E-state index contributed by atoms with van der Waals surface area (Å²) in [6.45, 7) is 0. The second-order valence-corrected chi connectivity index (χ2v) is 5.09. The first-order valence-corrected chi connectivity index (χ1v) is 7.23. The summed E-state index contributed by atoms with van der Waals surface area (Å²) in [6.07, 6.45) is 1.96. The zero-order valence-electron chi connectivity index (χ0n) is 11.2. The number of benzene rings is 2. The molecule has 0 aromatic heterocycles. The van der Waals surface area contributed by atoms with Gasteiger partial charge in [-0.1, -0.05) is 0 Å². The second kappa shape index (κ2) is 6.27. The van der Waals surface area contributed by atoms with Crippen LogP contribution in [0.1, 0.15) is 10.4 Å². The predicted octanol–water partition coefficient (Wildman–Crippen LogP) is 3.15. The molecule has 2 aromatic carbocycles. The number of hydrogen-bond acceptors (Lipinski definition) is 5. The summed E-state index contributed by atoms with van der Waals surface area (Å²) in [5.74, 6) is -0.479. The minimum Gasteiger partial charge on any atom is -0.398 e. The van der Waals surface area contributed by atoms with Crippen LogP contribution in [0.2, 0.25) is 0 Å². The number of hydrogen-bond donors (Lipinski definition) is 2. The molecule has 3 N–H and O–H groups in total. The molecule has 0 fully saturated rings. The molecule has 2 aromatic rings. The van der Waals surface area contributed by atoms with Crippen LogP contribution in [0.4, 0.5) is 17.1 Å². The molecular weight excluding hydrogens is 290 g/mol. The Kier molecular flexibility index (Phi) is 4.44. The topological polar surface area (TPSA) is 98.3 Å². The number of rotatable bonds is 4. The first kappa shape index (κ1) is 14.9. The van der Waals surface area contributed by atoms with Crippen LogP contribution in [0.5, 0.6) is 0 Å². The molecule has 2 rings (SSSR count). The molecule has 0 aliphatic heterocycles. The smallest absolute Gasteiger partial charge is 0.270 e. The number of amides is 1. The van der Waals surface area contributed by atoms with Crippen LogP contribution in [0.15, 0.2) is 47.4 Å². The Balaban J connectivity index is 2.23. The van der Waals surface area contributed by atoms with E-state index in [1.54, 1.807) is 23.9 Å². The summed E-state index contributed by atoms with van der Waals surface area (Å²) in [5.41, 5.74) is 6.40. The number of carbonyl (C=O) groups excluding carboxylic acids is 1. The third-order valence-electron chi connectivity index (χ3n) is 2.84. The van der Waals surface area contributed by atoms with Gasteiger partial charge in [0.1, 0.15) is 0 Å². The van der Waals surface area contributed by atoms with Gasteiger partial charge in [-0.25, -0.2) is 0 Å². The van der Waals surface area contributed by atoms with E-state index in [9.17, 15) is 14.9 Å². The fraction of sp³-hybridized carbons (Fsp3) is 0.0714. The lowest BCUT2D eigenvalue weighted by Crippen LogP contribution is -2.14. The summed E-state index contributed by atoms with van der Waals surface area (Å²) < 4.78 is 0. The van der Waals surface area contributed by atoms with Gasteiger partial charge in [0.25, 0.3) is 11.6 Å². The number of nitrogens with two attached hydrogens (primary N) is 1. The van der Waals surface area contributed by atoms with Crippen molar-refractivity contribution in [3.05, 3.63) is 58.1 Å². The highest BCUT2D eigenvalue weighted by molar-refractivity contribution is 7.98. The van der Waals surface area contributed by atoms with Crippen LogP contribution in [-0.4, -0.2) is 17.1 Å². The van der Waals surface area contributed by atoms with Crippen molar-refractivity contribution in [3.63, 3.8) is 0 Å². The lowest BCUT2D eigenvalue weighted by atomic mass is 10.1. The average Bonchev–Trinajstić information content (AvgIpc) is 2.48. The van der Waals surface area contributed by atoms with E-state index in [1.165, 1.54) is 18.2 Å². The molecule has 0 bridgehead atoms. The average molecular weight is 303 g/mol. The molecule has 0 heterocycles. The monoisotopic (exact) mass is 303 g/mol. The fourth-order valence-corrected chi connectivity index (χ4v) is 2.14. The number of nitro groups is 1. The first-order chi connectivity index (χ1) is 10.0. The summed E-state index contributed by atoms with van der Waals surface area (Å²) in [4.78, 5) is 23.4. The molecule has 0 spiro atoms. The van der Waals surface area contributed by atoms with Crippen LogP contribution >= 0.6 is 11.8 Å². The van der Waals surface area contributed by atoms with Crippen LogP contribution in [0.3, 0.4) is 0 Å². The molecule has 0 atom stereocenters. The van der Waals surface area contributed by atoms with E-state index >= 15 is 0 Å². The van der Waals surface area contributed by atoms with Crippen molar-refractivity contribution < 1.29 is 9.72 Å². The number of carbonyl (C=O) groups is 1. The second-order valence-electron chi connectivity index (χ2n) is 4.21. The number of nitrogen functional groups attached to an aromatic ring is 1. The quantitative estimate of drug-likeness (QED) is 0.391. The summed E-state index contributed by atoms with van der Waals surface area (Å²) in [6, 6.07) is 11.0. The fourth-order valence-electron chi connectivity index (χ4n) is 1.73. The Bertz CT molecular complexity index is 686. The van der Waals surface area contributed by atoms with Crippen molar-refractivity contribution in [2.75, 3.05) is 17.3 Å². The van der Waals surface area contributed by atoms with E-state index in [1.807, 2.05) is 18.4 Å². The first-order valence-electron chi connectivity index (χ1n) is 6.00. The molecule has 108 valence electrons. The number of nitrogens with one attached hydrogen (secondary N) is 1. The number of nitro benzene ring substituents is 1. The lowest BCUT2D eigenvalue weighted by Gasteiger charge is -2.08. The Labute approximate surface area is 125 Å². The summed E-state index contributed by atoms with van der Waals surface area (Å²) in [7, 11) is 0. The van der Waals surface area contributed by atoms with Gasteiger partial charge in [-0.2, -0.15) is 0 Å². The Morgan fingerprint density at radius 2 is 1.90 bits per heavy atom. The van der Waals surface area contributed by atoms with Gasteiger partial charge >= 0.3 is 0 Å². The third kappa shape index (κ3) is 3.51. The Morgan fingerprint density at radius 3 is 2.48 bits per heavy atom. The number of anilines is 2. The highest BCUT2D eigenvalue weighted by Gasteiger charge is 2.15. The van der Waals surface area contributed by atoms with Crippen molar-refractivity contribution in [1.29, 1.82) is 0 Å². The van der Waals surface area contributed by atoms with Crippen LogP contribution in [0.25, 0.3) is 0 Å². The van der Waals surface area contributed by atoms with Gasteiger partial charge in [-0.05, 0) is 36.6 Å². The van der Waals surface area contributed by atoms with E-state index in [2.05, 4.69) is 5.32 Å². The van der Waals surface area contributed by atoms with Crippen molar-refractivity contribution in [1.82, 2.24) is 0 Å². The zero-order valence-corrected chi connectivity index (χ0v) is 12.0. The van der Waals surface area contributed by atoms with E-state index in [0.717, 1.165) is 4.90 Å².